The van der Waals surface area contributed by atoms with E-state index < -0.39 is 9.84 Å². The summed E-state index contributed by atoms with van der Waals surface area (Å²) in [6.07, 6.45) is 2.57. The van der Waals surface area contributed by atoms with Crippen LogP contribution in [-0.4, -0.2) is 31.0 Å². The molecule has 0 unspecified atom stereocenters. The number of aromatic amines is 1. The van der Waals surface area contributed by atoms with Crippen molar-refractivity contribution >= 4 is 32.5 Å². The molecule has 2 N–H and O–H groups in total. The van der Waals surface area contributed by atoms with Crippen LogP contribution in [0.5, 0.6) is 5.88 Å². The lowest BCUT2D eigenvalue weighted by Gasteiger charge is -2.04. The molecule has 7 heteroatoms. The van der Waals surface area contributed by atoms with Crippen LogP contribution in [0.3, 0.4) is 0 Å². The van der Waals surface area contributed by atoms with E-state index in [-0.39, 0.29) is 16.3 Å². The predicted molar refractivity (Wildman–Crippen MR) is 93.0 cm³/mol. The molecule has 0 aliphatic rings. The number of nitrogens with zero attached hydrogens (tertiary/aromatic N) is 1. The van der Waals surface area contributed by atoms with Crippen LogP contribution in [0.1, 0.15) is 5.56 Å². The Labute approximate surface area is 138 Å². The highest BCUT2D eigenvalue weighted by molar-refractivity contribution is 7.90. The van der Waals surface area contributed by atoms with Crippen LogP contribution >= 0.6 is 0 Å². The van der Waals surface area contributed by atoms with Crippen LogP contribution in [-0.2, 0) is 9.84 Å². The van der Waals surface area contributed by atoms with Gasteiger partial charge >= 0.3 is 0 Å². The predicted octanol–water partition coefficient (Wildman–Crippen LogP) is 2.39. The van der Waals surface area contributed by atoms with E-state index in [1.54, 1.807) is 36.4 Å². The number of hydrogen-bond acceptors (Lipinski definition) is 5. The van der Waals surface area contributed by atoms with Crippen molar-refractivity contribution in [2.45, 2.75) is 4.90 Å². The van der Waals surface area contributed by atoms with Gasteiger partial charge in [0.15, 0.2) is 9.84 Å². The molecule has 3 aromatic rings. The van der Waals surface area contributed by atoms with Crippen LogP contribution in [0.2, 0.25) is 0 Å². The van der Waals surface area contributed by atoms with Gasteiger partial charge < -0.3 is 5.11 Å². The van der Waals surface area contributed by atoms with Gasteiger partial charge in [0.05, 0.1) is 16.1 Å². The molecular weight excluding hydrogens is 328 g/mol. The first kappa shape index (κ1) is 15.9. The number of sulfone groups is 1. The zero-order valence-corrected chi connectivity index (χ0v) is 13.5. The highest BCUT2D eigenvalue weighted by atomic mass is 32.2. The summed E-state index contributed by atoms with van der Waals surface area (Å²) < 4.78 is 22.9. The molecular formula is C17H14N2O4S. The largest absolute Gasteiger partial charge is 0.494 e. The molecule has 6 nitrogen and oxygen atoms in total. The van der Waals surface area contributed by atoms with E-state index in [0.717, 1.165) is 6.26 Å². The highest BCUT2D eigenvalue weighted by Gasteiger charge is 2.09. The quantitative estimate of drug-likeness (QED) is 0.714. The van der Waals surface area contributed by atoms with Gasteiger partial charge in [-0.2, -0.15) is 0 Å². The molecule has 0 saturated heterocycles. The van der Waals surface area contributed by atoms with Crippen LogP contribution in [0, 0.1) is 0 Å². The molecule has 2 aromatic carbocycles. The molecule has 24 heavy (non-hydrogen) atoms. The van der Waals surface area contributed by atoms with Gasteiger partial charge in [-0.15, -0.1) is 0 Å². The number of aromatic nitrogens is 1. The number of aromatic hydroxyl groups is 1. The summed E-state index contributed by atoms with van der Waals surface area (Å²) in [5.74, 6) is -0.268. The second-order valence-corrected chi connectivity index (χ2v) is 7.30. The highest BCUT2D eigenvalue weighted by Crippen LogP contribution is 2.22. The van der Waals surface area contributed by atoms with E-state index in [4.69, 9.17) is 0 Å². The monoisotopic (exact) mass is 342 g/mol. The Morgan fingerprint density at radius 2 is 1.67 bits per heavy atom. The molecule has 0 aliphatic heterocycles. The molecule has 0 spiro atoms. The maximum Gasteiger partial charge on any atom is 0.258 e. The van der Waals surface area contributed by atoms with Crippen molar-refractivity contribution < 1.29 is 13.5 Å². The molecule has 0 fully saturated rings. The average molecular weight is 342 g/mol. The summed E-state index contributed by atoms with van der Waals surface area (Å²) in [5.41, 5.74) is 0.534. The topological polar surface area (TPSA) is 99.6 Å². The normalized spacial score (nSPS) is 12.0. The number of aliphatic imine (C=N–C) groups is 1. The third-order valence-electron chi connectivity index (χ3n) is 3.56. The van der Waals surface area contributed by atoms with Gasteiger partial charge in [-0.25, -0.2) is 8.42 Å². The number of nitrogens with one attached hydrogen (secondary N) is 1. The van der Waals surface area contributed by atoms with E-state index in [2.05, 4.69) is 9.98 Å². The first-order valence-electron chi connectivity index (χ1n) is 7.04. The number of benzene rings is 2. The fourth-order valence-corrected chi connectivity index (χ4v) is 2.97. The molecule has 1 aromatic heterocycles. The molecule has 122 valence electrons. The van der Waals surface area contributed by atoms with Crippen molar-refractivity contribution in [2.75, 3.05) is 6.26 Å². The Hall–Kier alpha value is -2.93. The van der Waals surface area contributed by atoms with E-state index in [0.29, 0.717) is 22.0 Å². The second kappa shape index (κ2) is 5.93. The average Bonchev–Trinajstić information content (AvgIpc) is 2.54. The lowest BCUT2D eigenvalue weighted by molar-refractivity contribution is 0.452. The molecule has 0 aliphatic carbocycles. The summed E-state index contributed by atoms with van der Waals surface area (Å²) in [6, 6.07) is 12.9. The molecule has 3 rings (SSSR count). The maximum absolute atomic E-state index is 11.8. The molecule has 0 saturated carbocycles. The van der Waals surface area contributed by atoms with Gasteiger partial charge in [-0.05, 0) is 30.3 Å². The van der Waals surface area contributed by atoms with Crippen molar-refractivity contribution in [2.24, 2.45) is 4.99 Å². The Kier molecular flexibility index (Phi) is 3.94. The van der Waals surface area contributed by atoms with Gasteiger partial charge in [-0.3, -0.25) is 14.8 Å². The number of H-pyrrole nitrogens is 1. The molecule has 0 bridgehead atoms. The minimum Gasteiger partial charge on any atom is -0.494 e. The fraction of sp³-hybridized carbons (Fsp3) is 0.0588. The fourth-order valence-electron chi connectivity index (χ4n) is 2.33. The number of fused-ring (bicyclic) bond motifs is 1. The third kappa shape index (κ3) is 3.07. The SMILES string of the molecule is CS(=O)(=O)c1ccc(N=Cc2c(O)[nH]c(=O)c3ccccc23)cc1. The Bertz CT molecular complexity index is 1100. The van der Waals surface area contributed by atoms with Crippen LogP contribution in [0.15, 0.2) is 63.2 Å². The Morgan fingerprint density at radius 3 is 2.29 bits per heavy atom. The smallest absolute Gasteiger partial charge is 0.258 e. The lowest BCUT2D eigenvalue weighted by Crippen LogP contribution is -2.07. The summed E-state index contributed by atoms with van der Waals surface area (Å²) >= 11 is 0. The molecule has 0 radical (unpaired) electrons. The van der Waals surface area contributed by atoms with Gasteiger partial charge in [0.2, 0.25) is 5.88 Å². The summed E-state index contributed by atoms with van der Waals surface area (Å²) in [6.45, 7) is 0. The van der Waals surface area contributed by atoms with E-state index in [1.807, 2.05) is 0 Å². The minimum atomic E-state index is -3.26. The third-order valence-corrected chi connectivity index (χ3v) is 4.68. The van der Waals surface area contributed by atoms with Crippen molar-refractivity contribution in [3.05, 3.63) is 64.4 Å². The summed E-state index contributed by atoms with van der Waals surface area (Å²) in [4.78, 5) is 18.7. The Balaban J connectivity index is 2.04. The molecule has 0 amide bonds. The summed E-state index contributed by atoms with van der Waals surface area (Å²) in [5, 5.41) is 11.0. The van der Waals surface area contributed by atoms with Crippen LogP contribution in [0.25, 0.3) is 10.8 Å². The number of rotatable bonds is 3. The van der Waals surface area contributed by atoms with Crippen LogP contribution in [0.4, 0.5) is 5.69 Å². The maximum atomic E-state index is 11.8. The Morgan fingerprint density at radius 1 is 1.04 bits per heavy atom. The van der Waals surface area contributed by atoms with Crippen molar-refractivity contribution in [3.63, 3.8) is 0 Å². The molecule has 0 atom stereocenters. The number of hydrogen-bond donors (Lipinski definition) is 2. The minimum absolute atomic E-state index is 0.207. The van der Waals surface area contributed by atoms with Gasteiger partial charge in [-0.1, -0.05) is 18.2 Å². The van der Waals surface area contributed by atoms with Crippen molar-refractivity contribution in [1.29, 1.82) is 0 Å². The standard InChI is InChI=1S/C17H14N2O4S/c1-24(22,23)12-8-6-11(7-9-12)18-10-15-13-4-2-3-5-14(13)16(20)19-17(15)21/h2-10H,1H3,(H2,19,20,21). The second-order valence-electron chi connectivity index (χ2n) is 5.29. The molecule has 1 heterocycles. The first-order chi connectivity index (χ1) is 11.4. The lowest BCUT2D eigenvalue weighted by atomic mass is 10.1. The van der Waals surface area contributed by atoms with Crippen molar-refractivity contribution in [3.8, 4) is 5.88 Å². The van der Waals surface area contributed by atoms with Crippen molar-refractivity contribution in [1.82, 2.24) is 4.98 Å². The van der Waals surface area contributed by atoms with Gasteiger partial charge in [0, 0.05) is 23.2 Å². The van der Waals surface area contributed by atoms with Crippen LogP contribution < -0.4 is 5.56 Å². The van der Waals surface area contributed by atoms with E-state index in [1.165, 1.54) is 18.3 Å². The zero-order valence-electron chi connectivity index (χ0n) is 12.7. The van der Waals surface area contributed by atoms with E-state index in [9.17, 15) is 18.3 Å². The zero-order chi connectivity index (χ0) is 17.3. The van der Waals surface area contributed by atoms with Gasteiger partial charge in [0.1, 0.15) is 0 Å². The van der Waals surface area contributed by atoms with E-state index >= 15 is 0 Å². The summed E-state index contributed by atoms with van der Waals surface area (Å²) in [7, 11) is -3.26. The number of pyridine rings is 1. The first-order valence-corrected chi connectivity index (χ1v) is 8.93. The van der Waals surface area contributed by atoms with Gasteiger partial charge in [0.25, 0.3) is 5.56 Å².